The second kappa shape index (κ2) is 5.43. The molecule has 0 atom stereocenters. The third-order valence-electron chi connectivity index (χ3n) is 2.27. The summed E-state index contributed by atoms with van der Waals surface area (Å²) in [5.74, 6) is 5.82. The number of benzene rings is 1. The van der Waals surface area contributed by atoms with Crippen molar-refractivity contribution in [2.45, 2.75) is 19.9 Å². The molecule has 1 aromatic rings. The number of nitrogens with zero attached hydrogens (tertiary/aromatic N) is 2. The Balaban J connectivity index is 3.06. The van der Waals surface area contributed by atoms with Crippen LogP contribution in [0.2, 0.25) is 0 Å². The van der Waals surface area contributed by atoms with Gasteiger partial charge in [-0.15, -0.1) is 0 Å². The molecule has 0 spiro atoms. The second-order valence-corrected chi connectivity index (χ2v) is 3.47. The maximum atomic E-state index is 10.6. The van der Waals surface area contributed by atoms with Gasteiger partial charge in [-0.2, -0.15) is 0 Å². The molecule has 0 unspecified atom stereocenters. The summed E-state index contributed by atoms with van der Waals surface area (Å²) in [5.41, 5.74) is 7.02. The number of hydrazine groups is 1. The van der Waals surface area contributed by atoms with Gasteiger partial charge in [-0.1, -0.05) is 6.92 Å². The van der Waals surface area contributed by atoms with Crippen molar-refractivity contribution in [3.63, 3.8) is 0 Å². The van der Waals surface area contributed by atoms with Crippen LogP contribution in [0.5, 0.6) is 0 Å². The first-order chi connectivity index (χ1) is 7.60. The second-order valence-electron chi connectivity index (χ2n) is 3.47. The van der Waals surface area contributed by atoms with Crippen LogP contribution < -0.4 is 16.6 Å². The van der Waals surface area contributed by atoms with Crippen LogP contribution in [-0.4, -0.2) is 11.5 Å². The van der Waals surface area contributed by atoms with Crippen molar-refractivity contribution in [1.29, 1.82) is 0 Å². The van der Waals surface area contributed by atoms with Crippen LogP contribution in [0.1, 0.15) is 18.9 Å². The summed E-state index contributed by atoms with van der Waals surface area (Å²) in [5, 5.41) is 12.2. The molecule has 0 saturated heterocycles. The zero-order chi connectivity index (χ0) is 12.1. The Bertz CT molecular complexity index is 381. The minimum Gasteiger partial charge on any atom is -0.326 e. The summed E-state index contributed by atoms with van der Waals surface area (Å²) >= 11 is 0. The molecule has 0 aliphatic carbocycles. The zero-order valence-corrected chi connectivity index (χ0v) is 9.22. The molecule has 0 saturated carbocycles. The van der Waals surface area contributed by atoms with E-state index in [0.717, 1.165) is 12.1 Å². The molecule has 0 fully saturated rings. The van der Waals surface area contributed by atoms with Gasteiger partial charge in [0.15, 0.2) is 0 Å². The normalized spacial score (nSPS) is 10.2. The molecule has 6 heteroatoms. The minimum atomic E-state index is -0.441. The molecule has 0 heterocycles. The van der Waals surface area contributed by atoms with Gasteiger partial charge in [0.25, 0.3) is 5.69 Å². The number of rotatable bonds is 5. The lowest BCUT2D eigenvalue weighted by Crippen LogP contribution is -2.32. The highest BCUT2D eigenvalue weighted by molar-refractivity contribution is 5.57. The van der Waals surface area contributed by atoms with E-state index in [1.165, 1.54) is 12.1 Å². The molecule has 6 nitrogen and oxygen atoms in total. The average molecular weight is 224 g/mol. The molecule has 88 valence electrons. The van der Waals surface area contributed by atoms with E-state index in [-0.39, 0.29) is 12.2 Å². The fourth-order valence-electron chi connectivity index (χ4n) is 1.49. The minimum absolute atomic E-state index is 0.0362. The Morgan fingerprint density at radius 1 is 1.50 bits per heavy atom. The zero-order valence-electron chi connectivity index (χ0n) is 9.22. The summed E-state index contributed by atoms with van der Waals surface area (Å²) < 4.78 is 0. The van der Waals surface area contributed by atoms with Gasteiger partial charge in [0.2, 0.25) is 0 Å². The van der Waals surface area contributed by atoms with Gasteiger partial charge in [0.05, 0.1) is 10.6 Å². The van der Waals surface area contributed by atoms with Crippen molar-refractivity contribution >= 4 is 11.4 Å². The monoisotopic (exact) mass is 224 g/mol. The molecular weight excluding hydrogens is 208 g/mol. The average Bonchev–Trinajstić information content (AvgIpc) is 2.28. The number of nitro groups is 1. The highest BCUT2D eigenvalue weighted by atomic mass is 16.6. The smallest absolute Gasteiger partial charge is 0.269 e. The van der Waals surface area contributed by atoms with E-state index in [1.807, 2.05) is 6.92 Å². The summed E-state index contributed by atoms with van der Waals surface area (Å²) in [4.78, 5) is 10.2. The maximum Gasteiger partial charge on any atom is 0.269 e. The summed E-state index contributed by atoms with van der Waals surface area (Å²) in [7, 11) is 0. The molecule has 0 aliphatic rings. The Hall–Kier alpha value is -1.66. The quantitative estimate of drug-likeness (QED) is 0.444. The molecule has 4 N–H and O–H groups in total. The van der Waals surface area contributed by atoms with Gasteiger partial charge < -0.3 is 10.7 Å². The van der Waals surface area contributed by atoms with Crippen molar-refractivity contribution in [3.05, 3.63) is 33.9 Å². The predicted molar refractivity (Wildman–Crippen MR) is 62.8 cm³/mol. The topological polar surface area (TPSA) is 98.4 Å². The number of hydrogen-bond donors (Lipinski definition) is 2. The molecule has 16 heavy (non-hydrogen) atoms. The lowest BCUT2D eigenvalue weighted by Gasteiger charge is -2.20. The van der Waals surface area contributed by atoms with Gasteiger partial charge in [0, 0.05) is 25.2 Å². The first-order valence-electron chi connectivity index (χ1n) is 5.09. The van der Waals surface area contributed by atoms with Crippen molar-refractivity contribution in [3.8, 4) is 0 Å². The molecule has 0 amide bonds. The third kappa shape index (κ3) is 2.68. The molecule has 0 bridgehead atoms. The standard InChI is InChI=1S/C10H16N4O2/c1-2-5-13(12)10-4-3-9(14(15)16)6-8(10)7-11/h3-4,6H,2,5,7,11-12H2,1H3. The van der Waals surface area contributed by atoms with Gasteiger partial charge in [0.1, 0.15) is 0 Å². The SMILES string of the molecule is CCCN(N)c1ccc([N+](=O)[O-])cc1CN. The van der Waals surface area contributed by atoms with E-state index in [1.54, 1.807) is 11.1 Å². The van der Waals surface area contributed by atoms with Crippen molar-refractivity contribution in [2.24, 2.45) is 11.6 Å². The fourth-order valence-corrected chi connectivity index (χ4v) is 1.49. The highest BCUT2D eigenvalue weighted by Gasteiger charge is 2.12. The van der Waals surface area contributed by atoms with E-state index < -0.39 is 4.92 Å². The summed E-state index contributed by atoms with van der Waals surface area (Å²) in [6.07, 6.45) is 0.900. The van der Waals surface area contributed by atoms with Crippen LogP contribution in [0.15, 0.2) is 18.2 Å². The maximum absolute atomic E-state index is 10.6. The molecule has 1 rings (SSSR count). The van der Waals surface area contributed by atoms with Crippen LogP contribution in [0, 0.1) is 10.1 Å². The van der Waals surface area contributed by atoms with Crippen LogP contribution in [0.3, 0.4) is 0 Å². The molecule has 1 aromatic carbocycles. The van der Waals surface area contributed by atoms with E-state index in [9.17, 15) is 10.1 Å². The Morgan fingerprint density at radius 3 is 2.69 bits per heavy atom. The van der Waals surface area contributed by atoms with Crippen LogP contribution in [0.25, 0.3) is 0 Å². The molecule has 0 aromatic heterocycles. The highest BCUT2D eigenvalue weighted by Crippen LogP contribution is 2.23. The van der Waals surface area contributed by atoms with Gasteiger partial charge in [-0.3, -0.25) is 10.1 Å². The number of non-ortho nitro benzene ring substituents is 1. The van der Waals surface area contributed by atoms with Gasteiger partial charge in [-0.25, -0.2) is 5.84 Å². The van der Waals surface area contributed by atoms with Crippen LogP contribution in [-0.2, 0) is 6.54 Å². The summed E-state index contributed by atoms with van der Waals surface area (Å²) in [6, 6.07) is 4.53. The number of anilines is 1. The van der Waals surface area contributed by atoms with Gasteiger partial charge >= 0.3 is 0 Å². The van der Waals surface area contributed by atoms with Crippen molar-refractivity contribution in [1.82, 2.24) is 0 Å². The first kappa shape index (κ1) is 12.4. The number of nitrogens with two attached hydrogens (primary N) is 2. The van der Waals surface area contributed by atoms with Crippen LogP contribution >= 0.6 is 0 Å². The van der Waals surface area contributed by atoms with Gasteiger partial charge in [-0.05, 0) is 18.1 Å². The van der Waals surface area contributed by atoms with Crippen LogP contribution in [0.4, 0.5) is 11.4 Å². The first-order valence-corrected chi connectivity index (χ1v) is 5.09. The molecule has 0 radical (unpaired) electrons. The fraction of sp³-hybridized carbons (Fsp3) is 0.400. The largest absolute Gasteiger partial charge is 0.326 e. The molecular formula is C10H16N4O2. The lowest BCUT2D eigenvalue weighted by atomic mass is 10.1. The van der Waals surface area contributed by atoms with E-state index in [4.69, 9.17) is 11.6 Å². The Morgan fingerprint density at radius 2 is 2.19 bits per heavy atom. The molecule has 0 aliphatic heterocycles. The van der Waals surface area contributed by atoms with E-state index in [0.29, 0.717) is 12.1 Å². The summed E-state index contributed by atoms with van der Waals surface area (Å²) in [6.45, 7) is 2.92. The number of nitro benzene ring substituents is 1. The third-order valence-corrected chi connectivity index (χ3v) is 2.27. The lowest BCUT2D eigenvalue weighted by molar-refractivity contribution is -0.384. The number of hydrogen-bond acceptors (Lipinski definition) is 5. The Labute approximate surface area is 94.0 Å². The Kier molecular flexibility index (Phi) is 4.21. The van der Waals surface area contributed by atoms with Crippen molar-refractivity contribution in [2.75, 3.05) is 11.6 Å². The van der Waals surface area contributed by atoms with E-state index >= 15 is 0 Å². The predicted octanol–water partition coefficient (Wildman–Crippen LogP) is 1.14. The van der Waals surface area contributed by atoms with E-state index in [2.05, 4.69) is 0 Å². The van der Waals surface area contributed by atoms with Crippen molar-refractivity contribution < 1.29 is 4.92 Å².